The number of carbonyl (C=O) groups is 1. The minimum Gasteiger partial charge on any atom is -0.337 e. The largest absolute Gasteiger partial charge is 0.337 e. The molecule has 8 heteroatoms. The zero-order chi connectivity index (χ0) is 22.0. The number of benzene rings is 2. The van der Waals surface area contributed by atoms with Gasteiger partial charge in [-0.15, -0.1) is 0 Å². The molecular weight excluding hydrogens is 435 g/mol. The highest BCUT2D eigenvalue weighted by Gasteiger charge is 2.30. The Hall–Kier alpha value is -2.45. The second-order valence-electron chi connectivity index (χ2n) is 7.46. The Kier molecular flexibility index (Phi) is 6.29. The van der Waals surface area contributed by atoms with E-state index in [1.54, 1.807) is 40.9 Å². The van der Waals surface area contributed by atoms with E-state index in [4.69, 9.17) is 0 Å². The number of carbonyl (C=O) groups excluding carboxylic acids is 1. The van der Waals surface area contributed by atoms with E-state index in [0.717, 1.165) is 36.0 Å². The lowest BCUT2D eigenvalue weighted by atomic mass is 10.1. The fraction of sp³-hybridized carbons (Fsp3) is 0.304. The summed E-state index contributed by atoms with van der Waals surface area (Å²) in [4.78, 5) is 19.1. The van der Waals surface area contributed by atoms with Gasteiger partial charge in [0.05, 0.1) is 20.9 Å². The van der Waals surface area contributed by atoms with Crippen LogP contribution in [-0.4, -0.2) is 48.8 Å². The van der Waals surface area contributed by atoms with Crippen LogP contribution >= 0.6 is 11.8 Å². The van der Waals surface area contributed by atoms with Gasteiger partial charge in [0.25, 0.3) is 5.91 Å². The van der Waals surface area contributed by atoms with Crippen LogP contribution in [0.3, 0.4) is 0 Å². The first-order valence-electron chi connectivity index (χ1n) is 10.2. The summed E-state index contributed by atoms with van der Waals surface area (Å²) < 4.78 is 41.5. The van der Waals surface area contributed by atoms with E-state index >= 15 is 0 Å². The molecule has 0 radical (unpaired) electrons. The maximum absolute atomic E-state index is 14.1. The number of fused-ring (bicyclic) bond motifs is 1. The molecule has 3 aromatic rings. The molecule has 0 N–H and O–H groups in total. The molecular formula is C23H23FN2O3S2. The van der Waals surface area contributed by atoms with Gasteiger partial charge in [-0.2, -0.15) is 11.8 Å². The van der Waals surface area contributed by atoms with Gasteiger partial charge in [0, 0.05) is 36.2 Å². The maximum atomic E-state index is 14.1. The Morgan fingerprint density at radius 2 is 1.84 bits per heavy atom. The van der Waals surface area contributed by atoms with Crippen molar-refractivity contribution in [3.05, 3.63) is 65.6 Å². The minimum atomic E-state index is -4.09. The van der Waals surface area contributed by atoms with Crippen molar-refractivity contribution in [2.45, 2.75) is 29.6 Å². The third-order valence-corrected chi connectivity index (χ3v) is 8.16. The number of rotatable bonds is 5. The summed E-state index contributed by atoms with van der Waals surface area (Å²) in [5.74, 6) is 0.619. The van der Waals surface area contributed by atoms with Crippen LogP contribution in [0.4, 0.5) is 4.39 Å². The number of sulfone groups is 1. The number of thioether (sulfide) groups is 1. The molecule has 0 atom stereocenters. The van der Waals surface area contributed by atoms with Crippen molar-refractivity contribution in [2.75, 3.05) is 24.6 Å². The van der Waals surface area contributed by atoms with Crippen LogP contribution in [0, 0.1) is 5.82 Å². The lowest BCUT2D eigenvalue weighted by Crippen LogP contribution is -2.38. The normalized spacial score (nSPS) is 14.7. The predicted molar refractivity (Wildman–Crippen MR) is 121 cm³/mol. The lowest BCUT2D eigenvalue weighted by Gasteiger charge is -2.27. The fourth-order valence-corrected chi connectivity index (χ4v) is 6.28. The molecule has 1 aromatic heterocycles. The molecule has 1 amide bonds. The Balaban J connectivity index is 1.91. The number of hydrogen-bond donors (Lipinski definition) is 0. The van der Waals surface area contributed by atoms with Crippen molar-refractivity contribution in [1.82, 2.24) is 9.88 Å². The van der Waals surface area contributed by atoms with Gasteiger partial charge in [-0.25, -0.2) is 12.8 Å². The molecule has 1 aliphatic heterocycles. The number of amides is 1. The fourth-order valence-electron chi connectivity index (χ4n) is 3.76. The van der Waals surface area contributed by atoms with Crippen LogP contribution < -0.4 is 0 Å². The summed E-state index contributed by atoms with van der Waals surface area (Å²) in [5, 5.41) is 0.120. The average Bonchev–Trinajstić information content (AvgIpc) is 2.79. The summed E-state index contributed by atoms with van der Waals surface area (Å²) in [6.07, 6.45) is 3.11. The molecule has 2 aromatic carbocycles. The first-order valence-corrected chi connectivity index (χ1v) is 12.8. The van der Waals surface area contributed by atoms with Crippen molar-refractivity contribution < 1.29 is 17.6 Å². The quantitative estimate of drug-likeness (QED) is 0.569. The molecule has 31 heavy (non-hydrogen) atoms. The zero-order valence-electron chi connectivity index (χ0n) is 17.2. The standard InChI is InChI=1S/C23H23FN2O3S2/c1-2-3-16-4-7-18(8-5-16)31(28,29)22-19-14-17(24)6-9-21(19)25-15-20(22)23(27)26-10-12-30-13-11-26/h4-9,14-15H,2-3,10-13H2,1H3. The van der Waals surface area contributed by atoms with Gasteiger partial charge in [-0.3, -0.25) is 9.78 Å². The second-order valence-corrected chi connectivity index (χ2v) is 10.6. The highest BCUT2D eigenvalue weighted by Crippen LogP contribution is 2.32. The van der Waals surface area contributed by atoms with Crippen LogP contribution in [0.15, 0.2) is 58.5 Å². The van der Waals surface area contributed by atoms with E-state index in [-0.39, 0.29) is 26.6 Å². The summed E-state index contributed by atoms with van der Waals surface area (Å²) in [5.41, 5.74) is 1.35. The third kappa shape index (κ3) is 4.32. The van der Waals surface area contributed by atoms with Crippen molar-refractivity contribution >= 4 is 38.4 Å². The molecule has 0 aliphatic carbocycles. The number of halogens is 1. The molecule has 1 aliphatic rings. The Morgan fingerprint density at radius 3 is 2.52 bits per heavy atom. The third-order valence-electron chi connectivity index (χ3n) is 5.35. The summed E-state index contributed by atoms with van der Waals surface area (Å²) >= 11 is 1.75. The minimum absolute atomic E-state index is 0.0114. The predicted octanol–water partition coefficient (Wildman–Crippen LogP) is 4.35. The summed E-state index contributed by atoms with van der Waals surface area (Å²) in [6, 6.07) is 10.5. The maximum Gasteiger partial charge on any atom is 0.256 e. The van der Waals surface area contributed by atoms with Crippen LogP contribution in [0.5, 0.6) is 0 Å². The van der Waals surface area contributed by atoms with Crippen molar-refractivity contribution in [3.8, 4) is 0 Å². The molecule has 0 bridgehead atoms. The summed E-state index contributed by atoms with van der Waals surface area (Å²) in [7, 11) is -4.09. The molecule has 0 unspecified atom stereocenters. The van der Waals surface area contributed by atoms with Crippen LogP contribution in [0.1, 0.15) is 29.3 Å². The van der Waals surface area contributed by atoms with Gasteiger partial charge >= 0.3 is 0 Å². The molecule has 1 fully saturated rings. The molecule has 1 saturated heterocycles. The Labute approximate surface area is 185 Å². The van der Waals surface area contributed by atoms with Gasteiger partial charge in [-0.1, -0.05) is 25.5 Å². The van der Waals surface area contributed by atoms with Crippen LogP contribution in [0.25, 0.3) is 10.9 Å². The van der Waals surface area contributed by atoms with Crippen molar-refractivity contribution in [1.29, 1.82) is 0 Å². The number of aryl methyl sites for hydroxylation is 1. The van der Waals surface area contributed by atoms with Crippen molar-refractivity contribution in [3.63, 3.8) is 0 Å². The monoisotopic (exact) mass is 458 g/mol. The van der Waals surface area contributed by atoms with E-state index in [1.165, 1.54) is 18.3 Å². The number of aromatic nitrogens is 1. The first kappa shape index (κ1) is 21.8. The van der Waals surface area contributed by atoms with E-state index in [2.05, 4.69) is 11.9 Å². The van der Waals surface area contributed by atoms with Gasteiger partial charge in [-0.05, 0) is 42.3 Å². The zero-order valence-corrected chi connectivity index (χ0v) is 18.8. The molecule has 0 spiro atoms. The van der Waals surface area contributed by atoms with Gasteiger partial charge in [0.15, 0.2) is 0 Å². The van der Waals surface area contributed by atoms with E-state index in [0.29, 0.717) is 18.6 Å². The highest BCUT2D eigenvalue weighted by molar-refractivity contribution is 7.99. The lowest BCUT2D eigenvalue weighted by molar-refractivity contribution is 0.0768. The number of hydrogen-bond acceptors (Lipinski definition) is 5. The highest BCUT2D eigenvalue weighted by atomic mass is 32.2. The topological polar surface area (TPSA) is 67.3 Å². The molecule has 0 saturated carbocycles. The SMILES string of the molecule is CCCc1ccc(S(=O)(=O)c2c(C(=O)N3CCSCC3)cnc3ccc(F)cc23)cc1. The Bertz CT molecular complexity index is 1220. The molecule has 4 rings (SSSR count). The Morgan fingerprint density at radius 1 is 1.13 bits per heavy atom. The van der Waals surface area contributed by atoms with E-state index < -0.39 is 15.7 Å². The number of pyridine rings is 1. The average molecular weight is 459 g/mol. The van der Waals surface area contributed by atoms with Gasteiger partial charge in [0.1, 0.15) is 5.82 Å². The molecule has 2 heterocycles. The second kappa shape index (κ2) is 8.96. The van der Waals surface area contributed by atoms with E-state index in [9.17, 15) is 17.6 Å². The van der Waals surface area contributed by atoms with Gasteiger partial charge < -0.3 is 4.90 Å². The van der Waals surface area contributed by atoms with Crippen molar-refractivity contribution in [2.24, 2.45) is 0 Å². The smallest absolute Gasteiger partial charge is 0.256 e. The first-order chi connectivity index (χ1) is 14.9. The molecule has 162 valence electrons. The summed E-state index contributed by atoms with van der Waals surface area (Å²) in [6.45, 7) is 3.13. The van der Waals surface area contributed by atoms with Crippen LogP contribution in [-0.2, 0) is 16.3 Å². The van der Waals surface area contributed by atoms with Gasteiger partial charge in [0.2, 0.25) is 9.84 Å². The molecule has 5 nitrogen and oxygen atoms in total. The number of nitrogens with zero attached hydrogens (tertiary/aromatic N) is 2. The van der Waals surface area contributed by atoms with E-state index in [1.807, 2.05) is 0 Å². The van der Waals surface area contributed by atoms with Crippen LogP contribution in [0.2, 0.25) is 0 Å².